The largest absolute Gasteiger partial charge is 0.383 e. The van der Waals surface area contributed by atoms with Gasteiger partial charge in [0.15, 0.2) is 5.96 Å². The van der Waals surface area contributed by atoms with Gasteiger partial charge in [0.2, 0.25) is 5.91 Å². The number of likely N-dealkylation sites (N-methyl/N-ethyl adjacent to an activating group) is 1. The Morgan fingerprint density at radius 2 is 2.08 bits per heavy atom. The Hall–Kier alpha value is -1.67. The second kappa shape index (κ2) is 9.72. The highest BCUT2D eigenvalue weighted by Crippen LogP contribution is 2.27. The minimum atomic E-state index is -0.0239. The minimum Gasteiger partial charge on any atom is -0.383 e. The van der Waals surface area contributed by atoms with Crippen LogP contribution in [0.2, 0.25) is 0 Å². The Morgan fingerprint density at radius 1 is 1.32 bits per heavy atom. The lowest BCUT2D eigenvalue weighted by atomic mass is 10.0. The summed E-state index contributed by atoms with van der Waals surface area (Å²) < 4.78 is 5.09. The van der Waals surface area contributed by atoms with Crippen molar-refractivity contribution in [3.05, 3.63) is 15.6 Å². The Balaban J connectivity index is 2.02. The molecule has 2 rings (SSSR count). The summed E-state index contributed by atoms with van der Waals surface area (Å²) in [6, 6.07) is 0. The molecule has 0 aliphatic heterocycles. The summed E-state index contributed by atoms with van der Waals surface area (Å²) in [5.41, 5.74) is 1.27. The Labute approximate surface area is 154 Å². The zero-order chi connectivity index (χ0) is 18.2. The fourth-order valence-corrected chi connectivity index (χ4v) is 3.82. The van der Waals surface area contributed by atoms with Crippen molar-refractivity contribution in [1.29, 1.82) is 0 Å². The lowest BCUT2D eigenvalue weighted by Crippen LogP contribution is -2.41. The highest BCUT2D eigenvalue weighted by Gasteiger charge is 2.17. The summed E-state index contributed by atoms with van der Waals surface area (Å²) in [5.74, 6) is 0.671. The number of aliphatic imine (C=N–C) groups is 1. The molecule has 7 nitrogen and oxygen atoms in total. The van der Waals surface area contributed by atoms with E-state index < -0.39 is 0 Å². The van der Waals surface area contributed by atoms with Crippen LogP contribution < -0.4 is 5.32 Å². The van der Waals surface area contributed by atoms with Gasteiger partial charge in [-0.15, -0.1) is 11.3 Å². The third-order valence-corrected chi connectivity index (χ3v) is 5.22. The number of ether oxygens (including phenoxy) is 1. The highest BCUT2D eigenvalue weighted by atomic mass is 32.1. The van der Waals surface area contributed by atoms with Gasteiger partial charge < -0.3 is 19.9 Å². The SMILES string of the molecule is COCCNC(=NCC(=O)N(C)C)N(C)Cc1nc2c(s1)CCCC2. The number of aromatic nitrogens is 1. The molecule has 0 fully saturated rings. The molecule has 0 spiro atoms. The molecule has 1 heterocycles. The number of methoxy groups -OCH3 is 1. The molecule has 0 aromatic carbocycles. The standard InChI is InChI=1S/C17H29N5O2S/c1-21(2)16(23)11-19-17(18-9-10-24-4)22(3)12-15-20-13-7-5-6-8-14(13)25-15/h5-12H2,1-4H3,(H,18,19). The molecule has 1 amide bonds. The van der Waals surface area contributed by atoms with Gasteiger partial charge >= 0.3 is 0 Å². The number of guanidine groups is 1. The smallest absolute Gasteiger partial charge is 0.243 e. The number of nitrogens with one attached hydrogen (secondary N) is 1. The van der Waals surface area contributed by atoms with E-state index in [1.807, 2.05) is 11.9 Å². The maximum absolute atomic E-state index is 11.8. The quantitative estimate of drug-likeness (QED) is 0.444. The molecular formula is C17H29N5O2S. The Bertz CT molecular complexity index is 576. The van der Waals surface area contributed by atoms with Gasteiger partial charge in [0.25, 0.3) is 0 Å². The van der Waals surface area contributed by atoms with Crippen LogP contribution in [0, 0.1) is 0 Å². The van der Waals surface area contributed by atoms with Crippen molar-refractivity contribution < 1.29 is 9.53 Å². The van der Waals surface area contributed by atoms with Crippen molar-refractivity contribution in [3.63, 3.8) is 0 Å². The number of hydrogen-bond donors (Lipinski definition) is 1. The lowest BCUT2D eigenvalue weighted by Gasteiger charge is -2.21. The Morgan fingerprint density at radius 3 is 2.76 bits per heavy atom. The number of hydrogen-bond acceptors (Lipinski definition) is 5. The predicted octanol–water partition coefficient (Wildman–Crippen LogP) is 1.13. The van der Waals surface area contributed by atoms with Crippen LogP contribution in [0.15, 0.2) is 4.99 Å². The number of nitrogens with zero attached hydrogens (tertiary/aromatic N) is 4. The molecule has 140 valence electrons. The van der Waals surface area contributed by atoms with E-state index in [0.29, 0.717) is 25.7 Å². The number of rotatable bonds is 7. The van der Waals surface area contributed by atoms with E-state index in [4.69, 9.17) is 9.72 Å². The molecule has 0 saturated heterocycles. The summed E-state index contributed by atoms with van der Waals surface area (Å²) in [5, 5.41) is 4.36. The van der Waals surface area contributed by atoms with Gasteiger partial charge in [0.1, 0.15) is 11.6 Å². The molecule has 1 aromatic rings. The molecule has 0 saturated carbocycles. The van der Waals surface area contributed by atoms with Crippen molar-refractivity contribution >= 4 is 23.2 Å². The third-order valence-electron chi connectivity index (χ3n) is 4.08. The zero-order valence-electron chi connectivity index (χ0n) is 15.7. The van der Waals surface area contributed by atoms with Gasteiger partial charge in [-0.25, -0.2) is 9.98 Å². The van der Waals surface area contributed by atoms with Crippen LogP contribution in [0.1, 0.15) is 28.4 Å². The van der Waals surface area contributed by atoms with Gasteiger partial charge in [-0.05, 0) is 25.7 Å². The summed E-state index contributed by atoms with van der Waals surface area (Å²) in [6.45, 7) is 2.04. The van der Waals surface area contributed by atoms with E-state index in [-0.39, 0.29) is 12.5 Å². The second-order valence-corrected chi connectivity index (χ2v) is 7.56. The van der Waals surface area contributed by atoms with Crippen molar-refractivity contribution in [1.82, 2.24) is 20.1 Å². The monoisotopic (exact) mass is 367 g/mol. The maximum Gasteiger partial charge on any atom is 0.243 e. The Kier molecular flexibility index (Phi) is 7.64. The molecule has 8 heteroatoms. The number of carbonyl (C=O) groups is 1. The van der Waals surface area contributed by atoms with Crippen LogP contribution in [0.5, 0.6) is 0 Å². The molecule has 0 bridgehead atoms. The molecule has 0 atom stereocenters. The maximum atomic E-state index is 11.8. The van der Waals surface area contributed by atoms with E-state index in [1.54, 1.807) is 37.4 Å². The fraction of sp³-hybridized carbons (Fsp3) is 0.706. The van der Waals surface area contributed by atoms with Crippen LogP contribution in [0.3, 0.4) is 0 Å². The van der Waals surface area contributed by atoms with Crippen molar-refractivity contribution in [2.45, 2.75) is 32.2 Å². The number of amides is 1. The average molecular weight is 368 g/mol. The molecule has 1 aliphatic rings. The molecule has 25 heavy (non-hydrogen) atoms. The molecule has 0 radical (unpaired) electrons. The normalized spacial score (nSPS) is 14.2. The molecule has 1 N–H and O–H groups in total. The van der Waals surface area contributed by atoms with E-state index >= 15 is 0 Å². The number of aryl methyl sites for hydroxylation is 2. The predicted molar refractivity (Wildman–Crippen MR) is 101 cm³/mol. The van der Waals surface area contributed by atoms with Crippen molar-refractivity contribution in [3.8, 4) is 0 Å². The number of carbonyl (C=O) groups excluding carboxylic acids is 1. The van der Waals surface area contributed by atoms with Crippen molar-refractivity contribution in [2.75, 3.05) is 47.9 Å². The van der Waals surface area contributed by atoms with Crippen molar-refractivity contribution in [2.24, 2.45) is 4.99 Å². The third kappa shape index (κ3) is 5.97. The van der Waals surface area contributed by atoms with Crippen LogP contribution in [-0.4, -0.2) is 74.6 Å². The summed E-state index contributed by atoms with van der Waals surface area (Å²) in [7, 11) is 7.11. The first-order valence-electron chi connectivity index (χ1n) is 8.67. The van der Waals surface area contributed by atoms with Crippen LogP contribution in [0.25, 0.3) is 0 Å². The van der Waals surface area contributed by atoms with E-state index in [9.17, 15) is 4.79 Å². The summed E-state index contributed by atoms with van der Waals surface area (Å²) in [6.07, 6.45) is 4.76. The van der Waals surface area contributed by atoms with Crippen LogP contribution in [-0.2, 0) is 28.9 Å². The summed E-state index contributed by atoms with van der Waals surface area (Å²) in [4.78, 5) is 26.1. The van der Waals surface area contributed by atoms with Gasteiger partial charge in [-0.2, -0.15) is 0 Å². The topological polar surface area (TPSA) is 70.1 Å². The molecular weight excluding hydrogens is 338 g/mol. The summed E-state index contributed by atoms with van der Waals surface area (Å²) >= 11 is 1.80. The number of thiazole rings is 1. The molecule has 0 unspecified atom stereocenters. The van der Waals surface area contributed by atoms with E-state index in [1.165, 1.54) is 23.4 Å². The zero-order valence-corrected chi connectivity index (χ0v) is 16.5. The molecule has 1 aliphatic carbocycles. The van der Waals surface area contributed by atoms with E-state index in [2.05, 4.69) is 10.3 Å². The first kappa shape index (κ1) is 19.7. The highest BCUT2D eigenvalue weighted by molar-refractivity contribution is 7.11. The van der Waals surface area contributed by atoms with E-state index in [0.717, 1.165) is 17.8 Å². The van der Waals surface area contributed by atoms with Gasteiger partial charge in [0, 0.05) is 39.7 Å². The second-order valence-electron chi connectivity index (χ2n) is 6.39. The van der Waals surface area contributed by atoms with Crippen LogP contribution >= 0.6 is 11.3 Å². The van der Waals surface area contributed by atoms with Gasteiger partial charge in [0.05, 0.1) is 18.8 Å². The lowest BCUT2D eigenvalue weighted by molar-refractivity contribution is -0.127. The molecule has 1 aromatic heterocycles. The first-order valence-corrected chi connectivity index (χ1v) is 9.49. The van der Waals surface area contributed by atoms with Gasteiger partial charge in [-0.3, -0.25) is 4.79 Å². The van der Waals surface area contributed by atoms with Gasteiger partial charge in [-0.1, -0.05) is 0 Å². The first-order chi connectivity index (χ1) is 12.0. The minimum absolute atomic E-state index is 0.0239. The number of fused-ring (bicyclic) bond motifs is 1. The van der Waals surface area contributed by atoms with Crippen LogP contribution in [0.4, 0.5) is 0 Å². The fourth-order valence-electron chi connectivity index (χ4n) is 2.61. The average Bonchev–Trinajstić information content (AvgIpc) is 2.99.